The van der Waals surface area contributed by atoms with Crippen LogP contribution < -0.4 is 5.73 Å². The summed E-state index contributed by atoms with van der Waals surface area (Å²) in [6.07, 6.45) is 1.48. The highest BCUT2D eigenvalue weighted by molar-refractivity contribution is 5.91. The molecule has 1 atom stereocenters. The summed E-state index contributed by atoms with van der Waals surface area (Å²) in [7, 11) is 0. The van der Waals surface area contributed by atoms with E-state index in [4.69, 9.17) is 10.2 Å². The zero-order chi connectivity index (χ0) is 13.1. The molecule has 0 aliphatic carbocycles. The van der Waals surface area contributed by atoms with Crippen molar-refractivity contribution in [2.75, 3.05) is 26.2 Å². The normalized spacial score (nSPS) is 17.7. The maximum atomic E-state index is 12.0. The predicted molar refractivity (Wildman–Crippen MR) is 64.8 cm³/mol. The highest BCUT2D eigenvalue weighted by atomic mass is 16.3. The van der Waals surface area contributed by atoms with Crippen LogP contribution in [0.5, 0.6) is 0 Å². The van der Waals surface area contributed by atoms with Gasteiger partial charge in [-0.15, -0.1) is 0 Å². The monoisotopic (exact) mass is 251 g/mol. The van der Waals surface area contributed by atoms with E-state index in [1.807, 2.05) is 0 Å². The van der Waals surface area contributed by atoms with Gasteiger partial charge in [-0.05, 0) is 19.1 Å². The fourth-order valence-electron chi connectivity index (χ4n) is 1.97. The van der Waals surface area contributed by atoms with Gasteiger partial charge in [-0.1, -0.05) is 0 Å². The smallest absolute Gasteiger partial charge is 0.289 e. The summed E-state index contributed by atoms with van der Waals surface area (Å²) in [6.45, 7) is 3.73. The maximum Gasteiger partial charge on any atom is 0.289 e. The van der Waals surface area contributed by atoms with Crippen molar-refractivity contribution in [1.82, 2.24) is 9.80 Å². The molecule has 0 spiro atoms. The molecule has 6 heteroatoms. The van der Waals surface area contributed by atoms with Gasteiger partial charge in [-0.25, -0.2) is 0 Å². The van der Waals surface area contributed by atoms with Gasteiger partial charge in [0.2, 0.25) is 5.91 Å². The first kappa shape index (κ1) is 12.6. The fraction of sp³-hybridized carbons (Fsp3) is 0.500. The molecular weight excluding hydrogens is 234 g/mol. The van der Waals surface area contributed by atoms with Crippen LogP contribution in [0.4, 0.5) is 0 Å². The van der Waals surface area contributed by atoms with Crippen LogP contribution in [0.1, 0.15) is 17.5 Å². The van der Waals surface area contributed by atoms with E-state index in [0.717, 1.165) is 0 Å². The third kappa shape index (κ3) is 2.53. The van der Waals surface area contributed by atoms with Gasteiger partial charge in [-0.3, -0.25) is 9.59 Å². The molecule has 2 rings (SSSR count). The highest BCUT2D eigenvalue weighted by Crippen LogP contribution is 2.09. The van der Waals surface area contributed by atoms with Crippen molar-refractivity contribution >= 4 is 11.8 Å². The molecule has 1 aliphatic heterocycles. The number of carbonyl (C=O) groups is 2. The van der Waals surface area contributed by atoms with Gasteiger partial charge in [0.15, 0.2) is 5.76 Å². The van der Waals surface area contributed by atoms with Crippen molar-refractivity contribution in [3.05, 3.63) is 24.2 Å². The summed E-state index contributed by atoms with van der Waals surface area (Å²) in [5.74, 6) is 0.134. The molecule has 1 saturated heterocycles. The van der Waals surface area contributed by atoms with Gasteiger partial charge in [-0.2, -0.15) is 0 Å². The van der Waals surface area contributed by atoms with Crippen molar-refractivity contribution in [2.24, 2.45) is 5.73 Å². The SMILES string of the molecule is CC(N)C(=O)N1CCN(C(=O)c2ccco2)CC1. The Hall–Kier alpha value is -1.82. The van der Waals surface area contributed by atoms with Gasteiger partial charge in [0.1, 0.15) is 0 Å². The van der Waals surface area contributed by atoms with Gasteiger partial charge in [0, 0.05) is 26.2 Å². The van der Waals surface area contributed by atoms with E-state index < -0.39 is 6.04 Å². The lowest BCUT2D eigenvalue weighted by molar-refractivity contribution is -0.133. The second kappa shape index (κ2) is 5.22. The van der Waals surface area contributed by atoms with Crippen LogP contribution in [-0.2, 0) is 4.79 Å². The second-order valence-electron chi connectivity index (χ2n) is 4.38. The zero-order valence-corrected chi connectivity index (χ0v) is 10.3. The lowest BCUT2D eigenvalue weighted by atomic mass is 10.2. The molecule has 0 radical (unpaired) electrons. The predicted octanol–water partition coefficient (Wildman–Crippen LogP) is -0.0888. The Kier molecular flexibility index (Phi) is 3.66. The topological polar surface area (TPSA) is 79.8 Å². The minimum absolute atomic E-state index is 0.0694. The molecule has 1 unspecified atom stereocenters. The third-order valence-electron chi connectivity index (χ3n) is 3.00. The molecule has 0 aromatic carbocycles. The average molecular weight is 251 g/mol. The molecule has 6 nitrogen and oxygen atoms in total. The number of amides is 2. The van der Waals surface area contributed by atoms with E-state index in [-0.39, 0.29) is 11.8 Å². The number of furan rings is 1. The van der Waals surface area contributed by atoms with E-state index in [1.165, 1.54) is 6.26 Å². The molecule has 2 N–H and O–H groups in total. The largest absolute Gasteiger partial charge is 0.459 e. The Morgan fingerprint density at radius 3 is 2.39 bits per heavy atom. The summed E-state index contributed by atoms with van der Waals surface area (Å²) >= 11 is 0. The average Bonchev–Trinajstić information content (AvgIpc) is 2.91. The number of nitrogens with zero attached hydrogens (tertiary/aromatic N) is 2. The molecule has 1 aromatic heterocycles. The highest BCUT2D eigenvalue weighted by Gasteiger charge is 2.26. The Morgan fingerprint density at radius 2 is 1.89 bits per heavy atom. The van der Waals surface area contributed by atoms with Crippen LogP contribution in [-0.4, -0.2) is 53.8 Å². The van der Waals surface area contributed by atoms with Gasteiger partial charge in [0.25, 0.3) is 5.91 Å². The van der Waals surface area contributed by atoms with Gasteiger partial charge >= 0.3 is 0 Å². The van der Waals surface area contributed by atoms with Gasteiger partial charge in [0.05, 0.1) is 12.3 Å². The van der Waals surface area contributed by atoms with Crippen LogP contribution in [0.15, 0.2) is 22.8 Å². The molecule has 98 valence electrons. The first-order chi connectivity index (χ1) is 8.59. The Morgan fingerprint density at radius 1 is 1.28 bits per heavy atom. The number of hydrogen-bond acceptors (Lipinski definition) is 4. The minimum Gasteiger partial charge on any atom is -0.459 e. The molecule has 2 heterocycles. The standard InChI is InChI=1S/C12H17N3O3/c1-9(13)11(16)14-4-6-15(7-5-14)12(17)10-3-2-8-18-10/h2-3,8-9H,4-7,13H2,1H3. The molecule has 1 fully saturated rings. The summed E-state index contributed by atoms with van der Waals surface area (Å²) < 4.78 is 5.07. The lowest BCUT2D eigenvalue weighted by Crippen LogP contribution is -2.53. The summed E-state index contributed by atoms with van der Waals surface area (Å²) in [6, 6.07) is 2.84. The van der Waals surface area contributed by atoms with E-state index in [0.29, 0.717) is 31.9 Å². The van der Waals surface area contributed by atoms with Crippen molar-refractivity contribution < 1.29 is 14.0 Å². The van der Waals surface area contributed by atoms with Crippen molar-refractivity contribution in [2.45, 2.75) is 13.0 Å². The maximum absolute atomic E-state index is 12.0. The number of piperazine rings is 1. The summed E-state index contributed by atoms with van der Waals surface area (Å²) in [5.41, 5.74) is 5.55. The molecule has 1 aliphatic rings. The van der Waals surface area contributed by atoms with E-state index in [9.17, 15) is 9.59 Å². The Labute approximate surface area is 105 Å². The van der Waals surface area contributed by atoms with Crippen LogP contribution in [0.25, 0.3) is 0 Å². The zero-order valence-electron chi connectivity index (χ0n) is 10.3. The minimum atomic E-state index is -0.489. The summed E-state index contributed by atoms with van der Waals surface area (Å²) in [5, 5.41) is 0. The van der Waals surface area contributed by atoms with E-state index in [2.05, 4.69) is 0 Å². The van der Waals surface area contributed by atoms with Crippen molar-refractivity contribution in [1.29, 1.82) is 0 Å². The number of rotatable bonds is 2. The van der Waals surface area contributed by atoms with Crippen LogP contribution >= 0.6 is 0 Å². The third-order valence-corrected chi connectivity index (χ3v) is 3.00. The number of nitrogens with two attached hydrogens (primary N) is 1. The van der Waals surface area contributed by atoms with E-state index in [1.54, 1.807) is 28.9 Å². The van der Waals surface area contributed by atoms with Crippen molar-refractivity contribution in [3.63, 3.8) is 0 Å². The molecule has 1 aromatic rings. The second-order valence-corrected chi connectivity index (χ2v) is 4.38. The van der Waals surface area contributed by atoms with Crippen LogP contribution in [0.2, 0.25) is 0 Å². The molecule has 2 amide bonds. The van der Waals surface area contributed by atoms with Gasteiger partial charge < -0.3 is 20.0 Å². The quantitative estimate of drug-likeness (QED) is 0.796. The first-order valence-corrected chi connectivity index (χ1v) is 5.96. The fourth-order valence-corrected chi connectivity index (χ4v) is 1.97. The molecular formula is C12H17N3O3. The lowest BCUT2D eigenvalue weighted by Gasteiger charge is -2.35. The summed E-state index contributed by atoms with van der Waals surface area (Å²) in [4.78, 5) is 27.0. The molecule has 0 bridgehead atoms. The molecule has 18 heavy (non-hydrogen) atoms. The van der Waals surface area contributed by atoms with Crippen LogP contribution in [0.3, 0.4) is 0 Å². The Balaban J connectivity index is 1.91. The van der Waals surface area contributed by atoms with E-state index >= 15 is 0 Å². The first-order valence-electron chi connectivity index (χ1n) is 5.96. The number of carbonyl (C=O) groups excluding carboxylic acids is 2. The van der Waals surface area contributed by atoms with Crippen LogP contribution in [0, 0.1) is 0 Å². The Bertz CT molecular complexity index is 420. The number of hydrogen-bond donors (Lipinski definition) is 1. The van der Waals surface area contributed by atoms with Crippen molar-refractivity contribution in [3.8, 4) is 0 Å². The molecule has 0 saturated carbocycles.